The molecule has 1 atom stereocenters. The Kier molecular flexibility index (Phi) is 7.18. The molecule has 9 heteroatoms. The van der Waals surface area contributed by atoms with Gasteiger partial charge in [-0.1, -0.05) is 19.4 Å². The van der Waals surface area contributed by atoms with E-state index in [1.807, 2.05) is 20.8 Å². The fourth-order valence-electron chi connectivity index (χ4n) is 3.80. The van der Waals surface area contributed by atoms with Gasteiger partial charge in [-0.3, -0.25) is 20.4 Å². The van der Waals surface area contributed by atoms with Crippen LogP contribution in [0.15, 0.2) is 29.2 Å². The second-order valence-corrected chi connectivity index (χ2v) is 10.9. The zero-order valence-corrected chi connectivity index (χ0v) is 20.0. The number of carbonyl (C=O) groups excluding carboxylic acids is 2. The third-order valence-corrected chi connectivity index (χ3v) is 9.05. The van der Waals surface area contributed by atoms with E-state index < -0.39 is 21.8 Å². The highest BCUT2D eigenvalue weighted by atomic mass is 32.2. The number of nitrogens with zero attached hydrogens (tertiary/aromatic N) is 1. The highest BCUT2D eigenvalue weighted by Crippen LogP contribution is 2.26. The maximum Gasteiger partial charge on any atom is 0.279 e. The number of aryl methyl sites for hydroxylation is 3. The van der Waals surface area contributed by atoms with Gasteiger partial charge in [0.25, 0.3) is 11.8 Å². The Morgan fingerprint density at radius 3 is 2.45 bits per heavy atom. The number of nitrogens with one attached hydrogen (secondary N) is 2. The second kappa shape index (κ2) is 9.50. The van der Waals surface area contributed by atoms with Gasteiger partial charge >= 0.3 is 0 Å². The maximum atomic E-state index is 13.1. The molecule has 2 amide bonds. The first-order chi connectivity index (χ1) is 14.6. The zero-order chi connectivity index (χ0) is 22.8. The molecule has 0 aliphatic carbocycles. The summed E-state index contributed by atoms with van der Waals surface area (Å²) in [6.45, 7) is 8.09. The lowest BCUT2D eigenvalue weighted by atomic mass is 10.1. The van der Waals surface area contributed by atoms with E-state index in [-0.39, 0.29) is 16.5 Å². The summed E-state index contributed by atoms with van der Waals surface area (Å²) in [5.74, 6) is -0.955. The summed E-state index contributed by atoms with van der Waals surface area (Å²) >= 11 is 1.39. The highest BCUT2D eigenvalue weighted by Gasteiger charge is 2.31. The summed E-state index contributed by atoms with van der Waals surface area (Å²) in [4.78, 5) is 26.8. The topological polar surface area (TPSA) is 95.6 Å². The summed E-state index contributed by atoms with van der Waals surface area (Å²) in [5, 5.41) is 0. The molecule has 0 saturated carbocycles. The van der Waals surface area contributed by atoms with Crippen molar-refractivity contribution < 1.29 is 18.0 Å². The Labute approximate surface area is 187 Å². The molecule has 1 aliphatic heterocycles. The van der Waals surface area contributed by atoms with Crippen molar-refractivity contribution in [3.05, 3.63) is 50.7 Å². The third kappa shape index (κ3) is 4.99. The molecular weight excluding hydrogens is 434 g/mol. The Morgan fingerprint density at radius 1 is 1.10 bits per heavy atom. The molecule has 1 aliphatic rings. The molecule has 31 heavy (non-hydrogen) atoms. The molecule has 0 radical (unpaired) electrons. The normalized spacial score (nSPS) is 17.4. The van der Waals surface area contributed by atoms with Crippen LogP contribution >= 0.6 is 11.3 Å². The van der Waals surface area contributed by atoms with Crippen LogP contribution in [0.25, 0.3) is 0 Å². The van der Waals surface area contributed by atoms with E-state index in [4.69, 9.17) is 0 Å². The number of hydrogen-bond acceptors (Lipinski definition) is 5. The zero-order valence-electron chi connectivity index (χ0n) is 18.3. The first kappa shape index (κ1) is 23.4. The summed E-state index contributed by atoms with van der Waals surface area (Å²) in [7, 11) is -3.70. The van der Waals surface area contributed by atoms with Gasteiger partial charge < -0.3 is 0 Å². The Bertz CT molecular complexity index is 1090. The van der Waals surface area contributed by atoms with Crippen molar-refractivity contribution in [3.8, 4) is 0 Å². The minimum absolute atomic E-state index is 0.0705. The summed E-state index contributed by atoms with van der Waals surface area (Å²) in [6, 6.07) is 6.26. The van der Waals surface area contributed by atoms with Crippen molar-refractivity contribution in [1.29, 1.82) is 0 Å². The fraction of sp³-hybridized carbons (Fsp3) is 0.455. The van der Waals surface area contributed by atoms with Crippen LogP contribution in [0.1, 0.15) is 69.1 Å². The molecule has 2 heterocycles. The average Bonchev–Trinajstić information content (AvgIpc) is 3.13. The summed E-state index contributed by atoms with van der Waals surface area (Å²) in [6.07, 6.45) is 3.51. The SMILES string of the molecule is CCc1sc(C(=O)NNC(=O)c2cc(S(=O)(=O)N3CCCCC3C)ccc2C)cc1C. The van der Waals surface area contributed by atoms with Gasteiger partial charge in [-0.2, -0.15) is 4.31 Å². The number of thiophene rings is 1. The van der Waals surface area contributed by atoms with Gasteiger partial charge in [0.1, 0.15) is 0 Å². The van der Waals surface area contributed by atoms with E-state index in [0.717, 1.165) is 36.1 Å². The van der Waals surface area contributed by atoms with E-state index in [2.05, 4.69) is 10.9 Å². The standard InChI is InChI=1S/C22H29N3O4S2/c1-5-19-15(3)12-20(30-19)22(27)24-23-21(26)18-13-17(10-9-14(18)2)31(28,29)25-11-7-6-8-16(25)4/h9-10,12-13,16H,5-8,11H2,1-4H3,(H,23,26)(H,24,27). The van der Waals surface area contributed by atoms with Gasteiger partial charge in [0.05, 0.1) is 9.77 Å². The monoisotopic (exact) mass is 463 g/mol. The van der Waals surface area contributed by atoms with Gasteiger partial charge in [0.15, 0.2) is 0 Å². The number of carbonyl (C=O) groups is 2. The van der Waals surface area contributed by atoms with Gasteiger partial charge in [-0.25, -0.2) is 8.42 Å². The molecule has 2 N–H and O–H groups in total. The van der Waals surface area contributed by atoms with Gasteiger partial charge in [-0.05, 0) is 69.4 Å². The molecule has 1 unspecified atom stereocenters. The van der Waals surface area contributed by atoms with Crippen LogP contribution in [0, 0.1) is 13.8 Å². The maximum absolute atomic E-state index is 13.1. The van der Waals surface area contributed by atoms with Crippen molar-refractivity contribution in [2.75, 3.05) is 6.54 Å². The largest absolute Gasteiger partial charge is 0.279 e. The predicted octanol–water partition coefficient (Wildman–Crippen LogP) is 3.57. The second-order valence-electron chi connectivity index (χ2n) is 7.92. The molecule has 1 saturated heterocycles. The highest BCUT2D eigenvalue weighted by molar-refractivity contribution is 7.89. The van der Waals surface area contributed by atoms with Crippen molar-refractivity contribution in [1.82, 2.24) is 15.2 Å². The Balaban J connectivity index is 1.76. The van der Waals surface area contributed by atoms with Gasteiger partial charge in [0.2, 0.25) is 10.0 Å². The Morgan fingerprint density at radius 2 is 1.81 bits per heavy atom. The molecule has 2 aromatic rings. The number of benzene rings is 1. The lowest BCUT2D eigenvalue weighted by Gasteiger charge is -2.32. The van der Waals surface area contributed by atoms with Gasteiger partial charge in [0, 0.05) is 23.0 Å². The number of hydrogen-bond donors (Lipinski definition) is 2. The van der Waals surface area contributed by atoms with Crippen LogP contribution < -0.4 is 10.9 Å². The first-order valence-electron chi connectivity index (χ1n) is 10.5. The number of piperidine rings is 1. The lowest BCUT2D eigenvalue weighted by Crippen LogP contribution is -2.42. The fourth-order valence-corrected chi connectivity index (χ4v) is 6.53. The van der Waals surface area contributed by atoms with Crippen molar-refractivity contribution >= 4 is 33.2 Å². The van der Waals surface area contributed by atoms with Crippen molar-refractivity contribution in [2.24, 2.45) is 0 Å². The van der Waals surface area contributed by atoms with Crippen LogP contribution in [0.3, 0.4) is 0 Å². The average molecular weight is 464 g/mol. The van der Waals surface area contributed by atoms with E-state index in [1.165, 1.54) is 27.8 Å². The van der Waals surface area contributed by atoms with E-state index in [9.17, 15) is 18.0 Å². The third-order valence-electron chi connectivity index (χ3n) is 5.66. The molecule has 1 aromatic carbocycles. The minimum atomic E-state index is -3.70. The minimum Gasteiger partial charge on any atom is -0.267 e. The molecule has 168 valence electrons. The van der Waals surface area contributed by atoms with E-state index >= 15 is 0 Å². The Hall–Kier alpha value is -2.23. The van der Waals surface area contributed by atoms with E-state index in [1.54, 1.807) is 19.1 Å². The summed E-state index contributed by atoms with van der Waals surface area (Å²) < 4.78 is 27.8. The van der Waals surface area contributed by atoms with Crippen molar-refractivity contribution in [3.63, 3.8) is 0 Å². The van der Waals surface area contributed by atoms with Crippen molar-refractivity contribution in [2.45, 2.75) is 64.3 Å². The molecule has 1 fully saturated rings. The molecular formula is C22H29N3O4S2. The predicted molar refractivity (Wildman–Crippen MR) is 122 cm³/mol. The van der Waals surface area contributed by atoms with Crippen LogP contribution in [-0.2, 0) is 16.4 Å². The molecule has 0 bridgehead atoms. The molecule has 1 aromatic heterocycles. The number of amides is 2. The number of hydrazine groups is 1. The smallest absolute Gasteiger partial charge is 0.267 e. The lowest BCUT2D eigenvalue weighted by molar-refractivity contribution is 0.0848. The molecule has 0 spiro atoms. The van der Waals surface area contributed by atoms with Crippen LogP contribution in [0.5, 0.6) is 0 Å². The summed E-state index contributed by atoms with van der Waals surface area (Å²) in [5.41, 5.74) is 6.72. The van der Waals surface area contributed by atoms with E-state index in [0.29, 0.717) is 17.0 Å². The van der Waals surface area contributed by atoms with Crippen LogP contribution in [0.2, 0.25) is 0 Å². The first-order valence-corrected chi connectivity index (χ1v) is 12.7. The number of rotatable bonds is 5. The van der Waals surface area contributed by atoms with Gasteiger partial charge in [-0.15, -0.1) is 11.3 Å². The number of sulfonamides is 1. The van der Waals surface area contributed by atoms with Crippen LogP contribution in [0.4, 0.5) is 0 Å². The molecule has 3 rings (SSSR count). The molecule has 7 nitrogen and oxygen atoms in total. The quantitative estimate of drug-likeness (QED) is 0.663. The van der Waals surface area contributed by atoms with Crippen LogP contribution in [-0.4, -0.2) is 37.1 Å².